The molecule has 0 atom stereocenters. The third-order valence-electron chi connectivity index (χ3n) is 4.08. The van der Waals surface area contributed by atoms with Crippen molar-refractivity contribution in [3.63, 3.8) is 0 Å². The Morgan fingerprint density at radius 3 is 2.65 bits per heavy atom. The van der Waals surface area contributed by atoms with Crippen LogP contribution in [0.2, 0.25) is 0 Å². The van der Waals surface area contributed by atoms with Crippen LogP contribution in [-0.4, -0.2) is 33.6 Å². The fraction of sp³-hybridized carbons (Fsp3) is 0.643. The van der Waals surface area contributed by atoms with Gasteiger partial charge in [0.1, 0.15) is 18.2 Å². The van der Waals surface area contributed by atoms with Gasteiger partial charge in [-0.3, -0.25) is 9.59 Å². The van der Waals surface area contributed by atoms with Gasteiger partial charge in [0.05, 0.1) is 0 Å². The zero-order valence-electron chi connectivity index (χ0n) is 11.3. The molecule has 2 aliphatic rings. The first kappa shape index (κ1) is 13.1. The van der Waals surface area contributed by atoms with E-state index in [0.717, 1.165) is 38.5 Å². The van der Waals surface area contributed by atoms with Crippen LogP contribution in [-0.2, 0) is 4.79 Å². The maximum absolute atomic E-state index is 11.8. The van der Waals surface area contributed by atoms with Crippen LogP contribution in [0, 0.1) is 0 Å². The average molecular weight is 277 g/mol. The number of aromatic amines is 1. The lowest BCUT2D eigenvalue weighted by Crippen LogP contribution is -2.39. The van der Waals surface area contributed by atoms with Crippen molar-refractivity contribution in [1.29, 1.82) is 0 Å². The quantitative estimate of drug-likeness (QED) is 0.851. The van der Waals surface area contributed by atoms with Crippen molar-refractivity contribution in [2.75, 3.05) is 11.4 Å². The van der Waals surface area contributed by atoms with Crippen LogP contribution in [0.1, 0.15) is 50.3 Å². The number of carboxylic acid groups (broad SMARTS) is 1. The summed E-state index contributed by atoms with van der Waals surface area (Å²) in [5, 5.41) is 9.11. The minimum absolute atomic E-state index is 0.0920. The van der Waals surface area contributed by atoms with Crippen LogP contribution in [0.4, 0.5) is 5.82 Å². The first-order chi connectivity index (χ1) is 9.63. The third-order valence-corrected chi connectivity index (χ3v) is 4.08. The zero-order valence-corrected chi connectivity index (χ0v) is 11.3. The molecule has 0 bridgehead atoms. The topological polar surface area (TPSA) is 86.3 Å². The molecule has 0 spiro atoms. The Morgan fingerprint density at radius 2 is 2.05 bits per heavy atom. The van der Waals surface area contributed by atoms with Crippen LogP contribution in [0.15, 0.2) is 10.9 Å². The highest BCUT2D eigenvalue weighted by molar-refractivity contribution is 5.73. The van der Waals surface area contributed by atoms with E-state index in [4.69, 9.17) is 5.11 Å². The molecule has 0 aliphatic heterocycles. The molecule has 1 aromatic rings. The smallest absolute Gasteiger partial charge is 0.323 e. The van der Waals surface area contributed by atoms with Crippen molar-refractivity contribution in [3.05, 3.63) is 22.2 Å². The largest absolute Gasteiger partial charge is 0.480 e. The first-order valence-corrected chi connectivity index (χ1v) is 7.23. The molecule has 0 amide bonds. The van der Waals surface area contributed by atoms with Crippen molar-refractivity contribution in [2.24, 2.45) is 0 Å². The van der Waals surface area contributed by atoms with Crippen LogP contribution >= 0.6 is 0 Å². The van der Waals surface area contributed by atoms with Crippen molar-refractivity contribution in [2.45, 2.75) is 50.5 Å². The Morgan fingerprint density at radius 1 is 1.35 bits per heavy atom. The number of nitrogens with zero attached hydrogens (tertiary/aromatic N) is 2. The predicted molar refractivity (Wildman–Crippen MR) is 74.1 cm³/mol. The average Bonchev–Trinajstić information content (AvgIpc) is 3.11. The fourth-order valence-electron chi connectivity index (χ4n) is 2.92. The Balaban J connectivity index is 1.92. The van der Waals surface area contributed by atoms with E-state index in [1.165, 1.54) is 6.07 Å². The minimum atomic E-state index is -0.882. The molecule has 0 radical (unpaired) electrons. The van der Waals surface area contributed by atoms with E-state index >= 15 is 0 Å². The molecule has 1 heterocycles. The number of aliphatic carboxylic acids is 1. The third kappa shape index (κ3) is 2.84. The summed E-state index contributed by atoms with van der Waals surface area (Å²) in [6.07, 6.45) is 6.27. The lowest BCUT2D eigenvalue weighted by atomic mass is 10.2. The van der Waals surface area contributed by atoms with Crippen LogP contribution in [0.5, 0.6) is 0 Å². The van der Waals surface area contributed by atoms with Crippen molar-refractivity contribution in [3.8, 4) is 0 Å². The van der Waals surface area contributed by atoms with Gasteiger partial charge in [0, 0.05) is 18.0 Å². The van der Waals surface area contributed by atoms with Gasteiger partial charge in [-0.1, -0.05) is 12.8 Å². The second-order valence-electron chi connectivity index (χ2n) is 5.72. The van der Waals surface area contributed by atoms with Crippen molar-refractivity contribution >= 4 is 11.8 Å². The van der Waals surface area contributed by atoms with E-state index in [1.807, 2.05) is 0 Å². The molecule has 2 fully saturated rings. The molecule has 6 nitrogen and oxygen atoms in total. The normalized spacial score (nSPS) is 19.2. The molecule has 3 rings (SSSR count). The minimum Gasteiger partial charge on any atom is -0.480 e. The highest BCUT2D eigenvalue weighted by atomic mass is 16.4. The maximum atomic E-state index is 11.8. The number of anilines is 1. The molecule has 1 aromatic heterocycles. The Labute approximate surface area is 116 Å². The number of aromatic nitrogens is 2. The summed E-state index contributed by atoms with van der Waals surface area (Å²) in [6.45, 7) is -0.0920. The van der Waals surface area contributed by atoms with Crippen LogP contribution in [0.3, 0.4) is 0 Å². The number of hydrogen-bond donors (Lipinski definition) is 2. The molecule has 108 valence electrons. The summed E-state index contributed by atoms with van der Waals surface area (Å²) >= 11 is 0. The van der Waals surface area contributed by atoms with E-state index in [9.17, 15) is 9.59 Å². The summed E-state index contributed by atoms with van der Waals surface area (Å²) in [4.78, 5) is 31.9. The second kappa shape index (κ2) is 5.26. The zero-order chi connectivity index (χ0) is 14.1. The second-order valence-corrected chi connectivity index (χ2v) is 5.72. The summed E-state index contributed by atoms with van der Waals surface area (Å²) in [5.74, 6) is 0.690. The molecule has 2 N–H and O–H groups in total. The number of carbonyl (C=O) groups is 1. The number of hydrogen-bond acceptors (Lipinski definition) is 4. The maximum Gasteiger partial charge on any atom is 0.323 e. The molecule has 0 unspecified atom stereocenters. The molecule has 0 aromatic carbocycles. The predicted octanol–water partition coefficient (Wildman–Crippen LogP) is 1.48. The van der Waals surface area contributed by atoms with E-state index in [0.29, 0.717) is 17.6 Å². The summed E-state index contributed by atoms with van der Waals surface area (Å²) in [6, 6.07) is 1.61. The first-order valence-electron chi connectivity index (χ1n) is 7.23. The molecule has 6 heteroatoms. The van der Waals surface area contributed by atoms with E-state index in [1.54, 1.807) is 4.90 Å². The van der Waals surface area contributed by atoms with Gasteiger partial charge in [0.2, 0.25) is 0 Å². The van der Waals surface area contributed by atoms with Gasteiger partial charge in [-0.05, 0) is 25.7 Å². The molecule has 20 heavy (non-hydrogen) atoms. The highest BCUT2D eigenvalue weighted by Gasteiger charge is 2.29. The molecular formula is C14H19N3O3. The van der Waals surface area contributed by atoms with Gasteiger partial charge in [0.25, 0.3) is 5.56 Å². The monoisotopic (exact) mass is 277 g/mol. The number of H-pyrrole nitrogens is 1. The molecule has 2 saturated carbocycles. The summed E-state index contributed by atoms with van der Waals surface area (Å²) in [5.41, 5.74) is -0.190. The van der Waals surface area contributed by atoms with E-state index in [-0.39, 0.29) is 18.1 Å². The molecule has 2 aliphatic carbocycles. The van der Waals surface area contributed by atoms with Gasteiger partial charge in [-0.25, -0.2) is 4.98 Å². The Hall–Kier alpha value is -1.85. The van der Waals surface area contributed by atoms with Crippen molar-refractivity contribution in [1.82, 2.24) is 9.97 Å². The summed E-state index contributed by atoms with van der Waals surface area (Å²) < 4.78 is 0. The number of rotatable bonds is 5. The molecular weight excluding hydrogens is 258 g/mol. The molecule has 0 saturated heterocycles. The van der Waals surface area contributed by atoms with Crippen LogP contribution < -0.4 is 10.5 Å². The van der Waals surface area contributed by atoms with Gasteiger partial charge in [-0.15, -0.1) is 0 Å². The van der Waals surface area contributed by atoms with E-state index in [2.05, 4.69) is 9.97 Å². The number of carboxylic acids is 1. The van der Waals surface area contributed by atoms with E-state index < -0.39 is 5.97 Å². The van der Waals surface area contributed by atoms with Crippen LogP contribution in [0.25, 0.3) is 0 Å². The fourth-order valence-corrected chi connectivity index (χ4v) is 2.92. The van der Waals surface area contributed by atoms with Gasteiger partial charge in [-0.2, -0.15) is 0 Å². The highest BCUT2D eigenvalue weighted by Crippen LogP contribution is 2.38. The lowest BCUT2D eigenvalue weighted by molar-refractivity contribution is -0.135. The van der Waals surface area contributed by atoms with Gasteiger partial charge >= 0.3 is 5.97 Å². The SMILES string of the molecule is O=C(O)CN(c1cc(=O)[nH]c(C2CC2)n1)C1CCCC1. The van der Waals surface area contributed by atoms with Crippen molar-refractivity contribution < 1.29 is 9.90 Å². The summed E-state index contributed by atoms with van der Waals surface area (Å²) in [7, 11) is 0. The Bertz CT molecular complexity index is 559. The van der Waals surface area contributed by atoms with Gasteiger partial charge < -0.3 is 15.0 Å². The standard InChI is InChI=1S/C14H19N3O3/c18-12-7-11(15-14(16-12)9-5-6-9)17(8-13(19)20)10-3-1-2-4-10/h7,9-10H,1-6,8H2,(H,19,20)(H,15,16,18). The van der Waals surface area contributed by atoms with Gasteiger partial charge in [0.15, 0.2) is 0 Å². The number of nitrogens with one attached hydrogen (secondary N) is 1. The lowest BCUT2D eigenvalue weighted by Gasteiger charge is -2.28. The Kier molecular flexibility index (Phi) is 3.46.